The third-order valence-corrected chi connectivity index (χ3v) is 7.46. The SMILES string of the molecule is CNCc1cn(S(=O)(=O)c2cccc(OCCCOC)c2)c2c1CCCc1ccccc1-2. The van der Waals surface area contributed by atoms with Gasteiger partial charge in [-0.15, -0.1) is 0 Å². The van der Waals surface area contributed by atoms with E-state index in [9.17, 15) is 8.42 Å². The molecule has 1 heterocycles. The molecule has 0 aliphatic heterocycles. The topological polar surface area (TPSA) is 69.6 Å². The molecule has 1 aromatic heterocycles. The van der Waals surface area contributed by atoms with Gasteiger partial charge in [0.05, 0.1) is 17.2 Å². The zero-order valence-electron chi connectivity index (χ0n) is 18.6. The molecule has 3 aromatic rings. The summed E-state index contributed by atoms with van der Waals surface area (Å²) in [5.74, 6) is 0.538. The average molecular weight is 455 g/mol. The summed E-state index contributed by atoms with van der Waals surface area (Å²) >= 11 is 0. The largest absolute Gasteiger partial charge is 0.493 e. The van der Waals surface area contributed by atoms with Crippen molar-refractivity contribution in [3.05, 3.63) is 71.4 Å². The third kappa shape index (κ3) is 4.46. The molecular formula is C25H30N2O4S. The standard InChI is InChI=1S/C25H30N2O4S/c1-26-17-20-18-27(25-23-12-4-3-8-19(23)9-5-13-24(20)25)32(28,29)22-11-6-10-21(16-22)31-15-7-14-30-2/h3-4,6,8,10-12,16,18,26H,5,7,9,13-15,17H2,1-2H3. The summed E-state index contributed by atoms with van der Waals surface area (Å²) in [6.07, 6.45) is 5.31. The molecule has 32 heavy (non-hydrogen) atoms. The van der Waals surface area contributed by atoms with Crippen LogP contribution in [0.25, 0.3) is 11.3 Å². The minimum absolute atomic E-state index is 0.220. The first-order chi connectivity index (χ1) is 15.6. The Morgan fingerprint density at radius 2 is 1.91 bits per heavy atom. The number of benzene rings is 2. The van der Waals surface area contributed by atoms with Gasteiger partial charge in [0, 0.05) is 44.5 Å². The third-order valence-electron chi connectivity index (χ3n) is 5.80. The molecule has 0 atom stereocenters. The highest BCUT2D eigenvalue weighted by Gasteiger charge is 2.28. The molecule has 7 heteroatoms. The van der Waals surface area contributed by atoms with Gasteiger partial charge in [-0.2, -0.15) is 0 Å². The lowest BCUT2D eigenvalue weighted by Crippen LogP contribution is -2.14. The van der Waals surface area contributed by atoms with Gasteiger partial charge in [0.2, 0.25) is 0 Å². The normalized spacial score (nSPS) is 13.3. The van der Waals surface area contributed by atoms with Gasteiger partial charge >= 0.3 is 0 Å². The van der Waals surface area contributed by atoms with Crippen LogP contribution in [0.1, 0.15) is 29.5 Å². The first-order valence-electron chi connectivity index (χ1n) is 11.0. The van der Waals surface area contributed by atoms with Crippen molar-refractivity contribution in [2.45, 2.75) is 37.1 Å². The maximum absolute atomic E-state index is 13.8. The fraction of sp³-hybridized carbons (Fsp3) is 0.360. The summed E-state index contributed by atoms with van der Waals surface area (Å²) in [4.78, 5) is 0.220. The van der Waals surface area contributed by atoms with Crippen molar-refractivity contribution in [2.75, 3.05) is 27.4 Å². The number of hydrogen-bond acceptors (Lipinski definition) is 5. The number of methoxy groups -OCH3 is 1. The fourth-order valence-electron chi connectivity index (χ4n) is 4.32. The van der Waals surface area contributed by atoms with Crippen LogP contribution < -0.4 is 10.1 Å². The number of nitrogens with one attached hydrogen (secondary N) is 1. The summed E-state index contributed by atoms with van der Waals surface area (Å²) < 4.78 is 40.0. The van der Waals surface area contributed by atoms with Crippen LogP contribution in [-0.4, -0.2) is 39.8 Å². The number of fused-ring (bicyclic) bond motifs is 3. The van der Waals surface area contributed by atoms with E-state index in [0.29, 0.717) is 25.5 Å². The molecule has 0 radical (unpaired) electrons. The second-order valence-electron chi connectivity index (χ2n) is 7.99. The van der Waals surface area contributed by atoms with Crippen LogP contribution in [-0.2, 0) is 34.1 Å². The molecule has 0 saturated carbocycles. The fourth-order valence-corrected chi connectivity index (χ4v) is 5.78. The highest BCUT2D eigenvalue weighted by molar-refractivity contribution is 7.90. The van der Waals surface area contributed by atoms with E-state index in [1.54, 1.807) is 37.6 Å². The van der Waals surface area contributed by atoms with E-state index >= 15 is 0 Å². The van der Waals surface area contributed by atoms with Gasteiger partial charge in [-0.3, -0.25) is 0 Å². The zero-order valence-corrected chi connectivity index (χ0v) is 19.5. The van der Waals surface area contributed by atoms with Gasteiger partial charge in [-0.1, -0.05) is 30.3 Å². The highest BCUT2D eigenvalue weighted by atomic mass is 32.2. The Morgan fingerprint density at radius 3 is 2.72 bits per heavy atom. The summed E-state index contributed by atoms with van der Waals surface area (Å²) in [7, 11) is -0.282. The van der Waals surface area contributed by atoms with E-state index in [2.05, 4.69) is 11.4 Å². The molecule has 170 valence electrons. The van der Waals surface area contributed by atoms with E-state index < -0.39 is 10.0 Å². The second kappa shape index (κ2) is 9.90. The number of aryl methyl sites for hydroxylation is 1. The Hall–Kier alpha value is -2.61. The highest BCUT2D eigenvalue weighted by Crippen LogP contribution is 2.38. The predicted octanol–water partition coefficient (Wildman–Crippen LogP) is 4.02. The summed E-state index contributed by atoms with van der Waals surface area (Å²) in [6, 6.07) is 14.9. The van der Waals surface area contributed by atoms with Crippen molar-refractivity contribution >= 4 is 10.0 Å². The summed E-state index contributed by atoms with van der Waals surface area (Å²) in [5, 5.41) is 3.19. The molecule has 0 unspecified atom stereocenters. The molecule has 1 aliphatic carbocycles. The Labute approximate surface area is 190 Å². The van der Waals surface area contributed by atoms with E-state index in [-0.39, 0.29) is 4.90 Å². The van der Waals surface area contributed by atoms with Gasteiger partial charge in [0.25, 0.3) is 10.0 Å². The first kappa shape index (κ1) is 22.6. The van der Waals surface area contributed by atoms with Gasteiger partial charge in [0.15, 0.2) is 0 Å². The van der Waals surface area contributed by atoms with Crippen LogP contribution in [0.2, 0.25) is 0 Å². The van der Waals surface area contributed by atoms with Crippen LogP contribution in [0.15, 0.2) is 59.6 Å². The molecule has 0 amide bonds. The van der Waals surface area contributed by atoms with Crippen LogP contribution in [0, 0.1) is 0 Å². The molecular weight excluding hydrogens is 424 g/mol. The van der Waals surface area contributed by atoms with Crippen LogP contribution in [0.4, 0.5) is 0 Å². The molecule has 0 spiro atoms. The molecule has 1 aliphatic rings. The van der Waals surface area contributed by atoms with E-state index in [1.807, 2.05) is 25.2 Å². The maximum atomic E-state index is 13.8. The lowest BCUT2D eigenvalue weighted by Gasteiger charge is -2.14. The van der Waals surface area contributed by atoms with Crippen molar-refractivity contribution in [3.63, 3.8) is 0 Å². The molecule has 0 fully saturated rings. The molecule has 4 rings (SSSR count). The molecule has 0 bridgehead atoms. The lowest BCUT2D eigenvalue weighted by molar-refractivity contribution is 0.172. The zero-order chi connectivity index (χ0) is 22.6. The molecule has 1 N–H and O–H groups in total. The summed E-state index contributed by atoms with van der Waals surface area (Å²) in [6.45, 7) is 1.69. The van der Waals surface area contributed by atoms with Crippen LogP contribution >= 0.6 is 0 Å². The number of ether oxygens (including phenoxy) is 2. The van der Waals surface area contributed by atoms with E-state index in [4.69, 9.17) is 9.47 Å². The van der Waals surface area contributed by atoms with E-state index in [1.165, 1.54) is 9.54 Å². The Morgan fingerprint density at radius 1 is 1.06 bits per heavy atom. The monoisotopic (exact) mass is 454 g/mol. The smallest absolute Gasteiger partial charge is 0.268 e. The van der Waals surface area contributed by atoms with Crippen molar-refractivity contribution in [2.24, 2.45) is 0 Å². The van der Waals surface area contributed by atoms with Crippen molar-refractivity contribution in [1.82, 2.24) is 9.29 Å². The molecule has 6 nitrogen and oxygen atoms in total. The van der Waals surface area contributed by atoms with E-state index in [0.717, 1.165) is 48.1 Å². The summed E-state index contributed by atoms with van der Waals surface area (Å²) in [5.41, 5.74) is 5.11. The van der Waals surface area contributed by atoms with Crippen molar-refractivity contribution in [1.29, 1.82) is 0 Å². The van der Waals surface area contributed by atoms with Gasteiger partial charge in [0.1, 0.15) is 5.75 Å². The van der Waals surface area contributed by atoms with Crippen LogP contribution in [0.5, 0.6) is 5.75 Å². The number of rotatable bonds is 9. The van der Waals surface area contributed by atoms with Crippen molar-refractivity contribution < 1.29 is 17.9 Å². The Bertz CT molecular complexity index is 1180. The van der Waals surface area contributed by atoms with Gasteiger partial charge in [-0.05, 0) is 55.1 Å². The predicted molar refractivity (Wildman–Crippen MR) is 126 cm³/mol. The van der Waals surface area contributed by atoms with Gasteiger partial charge < -0.3 is 14.8 Å². The molecule has 2 aromatic carbocycles. The maximum Gasteiger partial charge on any atom is 0.268 e. The van der Waals surface area contributed by atoms with Gasteiger partial charge in [-0.25, -0.2) is 12.4 Å². The average Bonchev–Trinajstić information content (AvgIpc) is 3.05. The minimum Gasteiger partial charge on any atom is -0.493 e. The molecule has 0 saturated heterocycles. The Kier molecular flexibility index (Phi) is 6.98. The Balaban J connectivity index is 1.79. The minimum atomic E-state index is -3.81. The number of hydrogen-bond donors (Lipinski definition) is 1. The number of nitrogens with zero attached hydrogens (tertiary/aromatic N) is 1. The first-order valence-corrected chi connectivity index (χ1v) is 12.4. The second-order valence-corrected chi connectivity index (χ2v) is 9.81. The van der Waals surface area contributed by atoms with Crippen LogP contribution in [0.3, 0.4) is 0 Å². The number of aromatic nitrogens is 1. The van der Waals surface area contributed by atoms with Crippen molar-refractivity contribution in [3.8, 4) is 17.0 Å². The quantitative estimate of drug-likeness (QED) is 0.495. The lowest BCUT2D eigenvalue weighted by atomic mass is 10.0.